The largest absolute Gasteiger partial charge is 0.345 e. The SMILES string of the molecule is c1ccc2c(Nc3ccc4nc[nH]c4c3)ncnc2c1. The Kier molecular flexibility index (Phi) is 2.35. The van der Waals surface area contributed by atoms with E-state index in [0.29, 0.717) is 0 Å². The Morgan fingerprint density at radius 1 is 0.900 bits per heavy atom. The topological polar surface area (TPSA) is 66.5 Å². The third kappa shape index (κ3) is 1.76. The lowest BCUT2D eigenvalue weighted by Gasteiger charge is -2.08. The molecular formula is C15H11N5. The highest BCUT2D eigenvalue weighted by molar-refractivity contribution is 5.91. The van der Waals surface area contributed by atoms with Gasteiger partial charge in [-0.3, -0.25) is 0 Å². The number of nitrogens with zero attached hydrogens (tertiary/aromatic N) is 3. The molecule has 0 saturated heterocycles. The minimum absolute atomic E-state index is 0.800. The Morgan fingerprint density at radius 2 is 1.85 bits per heavy atom. The zero-order chi connectivity index (χ0) is 13.4. The summed E-state index contributed by atoms with van der Waals surface area (Å²) in [6.45, 7) is 0. The van der Waals surface area contributed by atoms with E-state index in [9.17, 15) is 0 Å². The van der Waals surface area contributed by atoms with Crippen LogP contribution in [-0.2, 0) is 0 Å². The monoisotopic (exact) mass is 261 g/mol. The lowest BCUT2D eigenvalue weighted by molar-refractivity contribution is 1.22. The minimum atomic E-state index is 0.800. The number of para-hydroxylation sites is 1. The van der Waals surface area contributed by atoms with Crippen molar-refractivity contribution in [2.45, 2.75) is 0 Å². The maximum atomic E-state index is 4.32. The highest BCUT2D eigenvalue weighted by atomic mass is 15.0. The van der Waals surface area contributed by atoms with Gasteiger partial charge in [-0.25, -0.2) is 15.0 Å². The first-order valence-corrected chi connectivity index (χ1v) is 6.30. The van der Waals surface area contributed by atoms with E-state index in [0.717, 1.165) is 33.4 Å². The number of hydrogen-bond donors (Lipinski definition) is 2. The van der Waals surface area contributed by atoms with Gasteiger partial charge >= 0.3 is 0 Å². The summed E-state index contributed by atoms with van der Waals surface area (Å²) < 4.78 is 0. The number of anilines is 2. The van der Waals surface area contributed by atoms with Crippen LogP contribution in [0.25, 0.3) is 21.9 Å². The summed E-state index contributed by atoms with van der Waals surface area (Å²) in [5.41, 5.74) is 3.83. The van der Waals surface area contributed by atoms with Gasteiger partial charge in [-0.05, 0) is 30.3 Å². The summed E-state index contributed by atoms with van der Waals surface area (Å²) in [5.74, 6) is 0.800. The molecule has 0 bridgehead atoms. The quantitative estimate of drug-likeness (QED) is 0.581. The zero-order valence-corrected chi connectivity index (χ0v) is 10.5. The van der Waals surface area contributed by atoms with Crippen LogP contribution >= 0.6 is 0 Å². The average molecular weight is 261 g/mol. The van der Waals surface area contributed by atoms with Gasteiger partial charge in [0.25, 0.3) is 0 Å². The van der Waals surface area contributed by atoms with Gasteiger partial charge in [-0.1, -0.05) is 12.1 Å². The van der Waals surface area contributed by atoms with Crippen molar-refractivity contribution < 1.29 is 0 Å². The van der Waals surface area contributed by atoms with Crippen molar-refractivity contribution in [2.75, 3.05) is 5.32 Å². The smallest absolute Gasteiger partial charge is 0.141 e. The van der Waals surface area contributed by atoms with Crippen molar-refractivity contribution in [2.24, 2.45) is 0 Å². The molecule has 4 rings (SSSR count). The van der Waals surface area contributed by atoms with Gasteiger partial charge in [-0.15, -0.1) is 0 Å². The number of nitrogens with one attached hydrogen (secondary N) is 2. The summed E-state index contributed by atoms with van der Waals surface area (Å²) in [5, 5.41) is 4.33. The number of aromatic amines is 1. The predicted octanol–water partition coefficient (Wildman–Crippen LogP) is 3.25. The third-order valence-corrected chi connectivity index (χ3v) is 3.23. The Labute approximate surface area is 114 Å². The molecule has 0 atom stereocenters. The summed E-state index contributed by atoms with van der Waals surface area (Å²) in [4.78, 5) is 15.9. The molecule has 0 radical (unpaired) electrons. The minimum Gasteiger partial charge on any atom is -0.345 e. The molecule has 96 valence electrons. The van der Waals surface area contributed by atoms with E-state index in [4.69, 9.17) is 0 Å². The van der Waals surface area contributed by atoms with Crippen LogP contribution < -0.4 is 5.32 Å². The van der Waals surface area contributed by atoms with Crippen molar-refractivity contribution in [1.82, 2.24) is 19.9 Å². The molecule has 2 aromatic heterocycles. The van der Waals surface area contributed by atoms with Crippen LogP contribution in [0.2, 0.25) is 0 Å². The fraction of sp³-hybridized carbons (Fsp3) is 0. The Hall–Kier alpha value is -2.95. The number of imidazole rings is 1. The zero-order valence-electron chi connectivity index (χ0n) is 10.5. The Balaban J connectivity index is 1.80. The standard InChI is InChI=1S/C15H11N5/c1-2-4-12-11(3-1)15(19-9-16-12)20-10-5-6-13-14(7-10)18-8-17-13/h1-9H,(H,17,18)(H,16,19,20). The number of benzene rings is 2. The second-order valence-corrected chi connectivity index (χ2v) is 4.50. The van der Waals surface area contributed by atoms with Crippen LogP contribution in [0.3, 0.4) is 0 Å². The number of rotatable bonds is 2. The number of H-pyrrole nitrogens is 1. The summed E-state index contributed by atoms with van der Waals surface area (Å²) in [6.07, 6.45) is 3.26. The molecule has 0 unspecified atom stereocenters. The van der Waals surface area contributed by atoms with Gasteiger partial charge in [0.05, 0.1) is 22.9 Å². The van der Waals surface area contributed by atoms with Crippen molar-refractivity contribution in [3.63, 3.8) is 0 Å². The Bertz CT molecular complexity index is 891. The van der Waals surface area contributed by atoms with Crippen molar-refractivity contribution >= 4 is 33.4 Å². The van der Waals surface area contributed by atoms with Crippen LogP contribution in [0, 0.1) is 0 Å². The van der Waals surface area contributed by atoms with Gasteiger partial charge < -0.3 is 10.3 Å². The van der Waals surface area contributed by atoms with Crippen LogP contribution in [0.5, 0.6) is 0 Å². The van der Waals surface area contributed by atoms with Crippen LogP contribution in [0.15, 0.2) is 55.1 Å². The average Bonchev–Trinajstić information content (AvgIpc) is 2.95. The molecule has 0 aliphatic rings. The molecule has 2 aromatic carbocycles. The molecule has 0 fully saturated rings. The van der Waals surface area contributed by atoms with Crippen molar-refractivity contribution in [3.8, 4) is 0 Å². The molecular weight excluding hydrogens is 250 g/mol. The van der Waals surface area contributed by atoms with Crippen molar-refractivity contribution in [1.29, 1.82) is 0 Å². The molecule has 2 heterocycles. The van der Waals surface area contributed by atoms with E-state index in [1.165, 1.54) is 0 Å². The van der Waals surface area contributed by atoms with Gasteiger partial charge in [0, 0.05) is 11.1 Å². The first kappa shape index (κ1) is 10.9. The van der Waals surface area contributed by atoms with Crippen molar-refractivity contribution in [3.05, 3.63) is 55.1 Å². The van der Waals surface area contributed by atoms with E-state index >= 15 is 0 Å². The molecule has 0 amide bonds. The number of fused-ring (bicyclic) bond motifs is 2. The van der Waals surface area contributed by atoms with E-state index < -0.39 is 0 Å². The lowest BCUT2D eigenvalue weighted by atomic mass is 10.2. The van der Waals surface area contributed by atoms with E-state index in [1.54, 1.807) is 12.7 Å². The summed E-state index contributed by atoms with van der Waals surface area (Å²) >= 11 is 0. The first-order valence-electron chi connectivity index (χ1n) is 6.30. The molecule has 4 aromatic rings. The molecule has 0 aliphatic heterocycles. The fourth-order valence-corrected chi connectivity index (χ4v) is 2.25. The molecule has 0 spiro atoms. The van der Waals surface area contributed by atoms with Crippen LogP contribution in [-0.4, -0.2) is 19.9 Å². The van der Waals surface area contributed by atoms with Gasteiger partial charge in [0.2, 0.25) is 0 Å². The molecule has 5 heteroatoms. The van der Waals surface area contributed by atoms with E-state index in [1.807, 2.05) is 42.5 Å². The molecule has 2 N–H and O–H groups in total. The number of hydrogen-bond acceptors (Lipinski definition) is 4. The molecule has 20 heavy (non-hydrogen) atoms. The van der Waals surface area contributed by atoms with Gasteiger partial charge in [-0.2, -0.15) is 0 Å². The van der Waals surface area contributed by atoms with Crippen LogP contribution in [0.4, 0.5) is 11.5 Å². The lowest BCUT2D eigenvalue weighted by Crippen LogP contribution is -1.95. The van der Waals surface area contributed by atoms with E-state index in [2.05, 4.69) is 25.3 Å². The number of aromatic nitrogens is 4. The molecule has 0 saturated carbocycles. The third-order valence-electron chi connectivity index (χ3n) is 3.23. The summed E-state index contributed by atoms with van der Waals surface area (Å²) in [6, 6.07) is 13.9. The second-order valence-electron chi connectivity index (χ2n) is 4.50. The fourth-order valence-electron chi connectivity index (χ4n) is 2.25. The molecule has 5 nitrogen and oxygen atoms in total. The maximum absolute atomic E-state index is 4.32. The normalized spacial score (nSPS) is 11.0. The summed E-state index contributed by atoms with van der Waals surface area (Å²) in [7, 11) is 0. The maximum Gasteiger partial charge on any atom is 0.141 e. The van der Waals surface area contributed by atoms with Gasteiger partial charge in [0.1, 0.15) is 12.1 Å². The first-order chi connectivity index (χ1) is 9.90. The highest BCUT2D eigenvalue weighted by Crippen LogP contribution is 2.24. The molecule has 0 aliphatic carbocycles. The van der Waals surface area contributed by atoms with Gasteiger partial charge in [0.15, 0.2) is 0 Å². The highest BCUT2D eigenvalue weighted by Gasteiger charge is 2.04. The second kappa shape index (κ2) is 4.31. The Morgan fingerprint density at radius 3 is 2.85 bits per heavy atom. The predicted molar refractivity (Wildman–Crippen MR) is 78.9 cm³/mol. The van der Waals surface area contributed by atoms with Crippen LogP contribution in [0.1, 0.15) is 0 Å². The van der Waals surface area contributed by atoms with E-state index in [-0.39, 0.29) is 0 Å².